The SMILES string of the molecule is CCCC(N)c1ccn(CCc2ccncc2)c1. The van der Waals surface area contributed by atoms with Crippen LogP contribution in [0.1, 0.15) is 36.9 Å². The molecule has 0 spiro atoms. The first kappa shape index (κ1) is 12.8. The fourth-order valence-electron chi connectivity index (χ4n) is 2.10. The van der Waals surface area contributed by atoms with Crippen LogP contribution in [0.15, 0.2) is 43.0 Å². The Bertz CT molecular complexity index is 462. The smallest absolute Gasteiger partial charge is 0.0309 e. The van der Waals surface area contributed by atoms with Gasteiger partial charge in [0.2, 0.25) is 0 Å². The van der Waals surface area contributed by atoms with Crippen LogP contribution in [0.4, 0.5) is 0 Å². The first-order valence-corrected chi connectivity index (χ1v) is 6.59. The molecule has 1 unspecified atom stereocenters. The molecule has 2 aromatic heterocycles. The third-order valence-corrected chi connectivity index (χ3v) is 3.21. The number of aromatic nitrogens is 2. The lowest BCUT2D eigenvalue weighted by Gasteiger charge is -2.07. The molecule has 0 radical (unpaired) electrons. The van der Waals surface area contributed by atoms with E-state index in [9.17, 15) is 0 Å². The number of nitrogens with zero attached hydrogens (tertiary/aromatic N) is 2. The van der Waals surface area contributed by atoms with Crippen LogP contribution in [0.5, 0.6) is 0 Å². The van der Waals surface area contributed by atoms with E-state index in [1.54, 1.807) is 0 Å². The molecule has 18 heavy (non-hydrogen) atoms. The van der Waals surface area contributed by atoms with Crippen molar-refractivity contribution in [3.63, 3.8) is 0 Å². The molecule has 0 aromatic carbocycles. The van der Waals surface area contributed by atoms with Gasteiger partial charge in [-0.25, -0.2) is 0 Å². The van der Waals surface area contributed by atoms with Crippen LogP contribution >= 0.6 is 0 Å². The molecule has 0 saturated carbocycles. The molecule has 0 aliphatic rings. The van der Waals surface area contributed by atoms with E-state index in [2.05, 4.69) is 47.1 Å². The second-order valence-electron chi connectivity index (χ2n) is 4.68. The molecule has 1 atom stereocenters. The molecule has 2 heterocycles. The van der Waals surface area contributed by atoms with Crippen LogP contribution in [0.25, 0.3) is 0 Å². The topological polar surface area (TPSA) is 43.8 Å². The van der Waals surface area contributed by atoms with Gasteiger partial charge in [0.1, 0.15) is 0 Å². The molecular formula is C15H21N3. The van der Waals surface area contributed by atoms with Gasteiger partial charge in [-0.2, -0.15) is 0 Å². The van der Waals surface area contributed by atoms with Gasteiger partial charge in [0.05, 0.1) is 0 Å². The summed E-state index contributed by atoms with van der Waals surface area (Å²) in [5, 5.41) is 0. The Morgan fingerprint density at radius 2 is 2.06 bits per heavy atom. The zero-order chi connectivity index (χ0) is 12.8. The Morgan fingerprint density at radius 3 is 2.78 bits per heavy atom. The van der Waals surface area contributed by atoms with Crippen molar-refractivity contribution in [3.8, 4) is 0 Å². The number of rotatable bonds is 6. The zero-order valence-corrected chi connectivity index (χ0v) is 10.9. The molecule has 0 saturated heterocycles. The van der Waals surface area contributed by atoms with Crippen molar-refractivity contribution in [2.75, 3.05) is 0 Å². The van der Waals surface area contributed by atoms with Crippen LogP contribution in [0.3, 0.4) is 0 Å². The minimum Gasteiger partial charge on any atom is -0.354 e. The summed E-state index contributed by atoms with van der Waals surface area (Å²) in [5.74, 6) is 0. The average molecular weight is 243 g/mol. The monoisotopic (exact) mass is 243 g/mol. The Hall–Kier alpha value is -1.61. The quantitative estimate of drug-likeness (QED) is 0.847. The highest BCUT2D eigenvalue weighted by Gasteiger charge is 2.06. The second-order valence-corrected chi connectivity index (χ2v) is 4.68. The van der Waals surface area contributed by atoms with E-state index in [-0.39, 0.29) is 6.04 Å². The van der Waals surface area contributed by atoms with E-state index >= 15 is 0 Å². The first-order chi connectivity index (χ1) is 8.79. The van der Waals surface area contributed by atoms with E-state index in [4.69, 9.17) is 5.73 Å². The molecule has 2 N–H and O–H groups in total. The van der Waals surface area contributed by atoms with Gasteiger partial charge in [-0.05, 0) is 42.2 Å². The summed E-state index contributed by atoms with van der Waals surface area (Å²) in [5.41, 5.74) is 8.66. The van der Waals surface area contributed by atoms with Gasteiger partial charge in [0.15, 0.2) is 0 Å². The number of hydrogen-bond acceptors (Lipinski definition) is 2. The standard InChI is InChI=1S/C15H21N3/c1-2-3-15(16)14-7-11-18(12-14)10-6-13-4-8-17-9-5-13/h4-5,7-9,11-12,15H,2-3,6,10,16H2,1H3. The highest BCUT2D eigenvalue weighted by Crippen LogP contribution is 2.16. The average Bonchev–Trinajstić information content (AvgIpc) is 2.87. The molecular weight excluding hydrogens is 222 g/mol. The zero-order valence-electron chi connectivity index (χ0n) is 10.9. The van der Waals surface area contributed by atoms with Gasteiger partial charge in [0.25, 0.3) is 0 Å². The highest BCUT2D eigenvalue weighted by atomic mass is 14.9. The summed E-state index contributed by atoms with van der Waals surface area (Å²) in [6.07, 6.45) is 11.2. The summed E-state index contributed by atoms with van der Waals surface area (Å²) >= 11 is 0. The van der Waals surface area contributed by atoms with Crippen molar-refractivity contribution in [2.24, 2.45) is 5.73 Å². The molecule has 3 heteroatoms. The predicted molar refractivity (Wildman–Crippen MR) is 74.2 cm³/mol. The molecule has 2 aromatic rings. The maximum Gasteiger partial charge on any atom is 0.0309 e. The number of hydrogen-bond donors (Lipinski definition) is 1. The number of pyridine rings is 1. The van der Waals surface area contributed by atoms with Gasteiger partial charge < -0.3 is 10.3 Å². The van der Waals surface area contributed by atoms with Crippen LogP contribution in [-0.2, 0) is 13.0 Å². The van der Waals surface area contributed by atoms with E-state index in [1.165, 1.54) is 11.1 Å². The Kier molecular flexibility index (Phi) is 4.53. The summed E-state index contributed by atoms with van der Waals surface area (Å²) in [4.78, 5) is 4.02. The highest BCUT2D eigenvalue weighted by molar-refractivity contribution is 5.15. The van der Waals surface area contributed by atoms with Crippen molar-refractivity contribution in [2.45, 2.75) is 38.8 Å². The van der Waals surface area contributed by atoms with Crippen molar-refractivity contribution in [3.05, 3.63) is 54.1 Å². The predicted octanol–water partition coefficient (Wildman–Crippen LogP) is 2.93. The molecule has 0 aliphatic heterocycles. The summed E-state index contributed by atoms with van der Waals surface area (Å²) in [7, 11) is 0. The molecule has 0 amide bonds. The van der Waals surface area contributed by atoms with Crippen LogP contribution in [-0.4, -0.2) is 9.55 Å². The molecule has 96 valence electrons. The minimum atomic E-state index is 0.178. The van der Waals surface area contributed by atoms with Gasteiger partial charge in [0, 0.05) is 37.4 Å². The number of nitrogens with two attached hydrogens (primary N) is 1. The van der Waals surface area contributed by atoms with E-state index in [1.807, 2.05) is 12.4 Å². The lowest BCUT2D eigenvalue weighted by molar-refractivity contribution is 0.632. The first-order valence-electron chi connectivity index (χ1n) is 6.59. The summed E-state index contributed by atoms with van der Waals surface area (Å²) < 4.78 is 2.21. The second kappa shape index (κ2) is 6.36. The van der Waals surface area contributed by atoms with Crippen molar-refractivity contribution in [1.29, 1.82) is 0 Å². The van der Waals surface area contributed by atoms with Crippen molar-refractivity contribution in [1.82, 2.24) is 9.55 Å². The molecule has 0 aliphatic carbocycles. The minimum absolute atomic E-state index is 0.178. The Labute approximate surface area is 109 Å². The van der Waals surface area contributed by atoms with Crippen LogP contribution < -0.4 is 5.73 Å². The molecule has 3 nitrogen and oxygen atoms in total. The lowest BCUT2D eigenvalue weighted by atomic mass is 10.1. The molecule has 0 fully saturated rings. The van der Waals surface area contributed by atoms with E-state index < -0.39 is 0 Å². The lowest BCUT2D eigenvalue weighted by Crippen LogP contribution is -2.08. The van der Waals surface area contributed by atoms with Gasteiger partial charge in [-0.1, -0.05) is 13.3 Å². The van der Waals surface area contributed by atoms with Crippen LogP contribution in [0, 0.1) is 0 Å². The fraction of sp³-hybridized carbons (Fsp3) is 0.400. The normalized spacial score (nSPS) is 12.6. The van der Waals surface area contributed by atoms with Gasteiger partial charge in [-0.15, -0.1) is 0 Å². The molecule has 0 bridgehead atoms. The van der Waals surface area contributed by atoms with E-state index in [0.717, 1.165) is 25.8 Å². The van der Waals surface area contributed by atoms with Gasteiger partial charge in [-0.3, -0.25) is 4.98 Å². The largest absolute Gasteiger partial charge is 0.354 e. The fourth-order valence-corrected chi connectivity index (χ4v) is 2.10. The third-order valence-electron chi connectivity index (χ3n) is 3.21. The Morgan fingerprint density at radius 1 is 1.28 bits per heavy atom. The number of aryl methyl sites for hydroxylation is 2. The van der Waals surface area contributed by atoms with E-state index in [0.29, 0.717) is 0 Å². The summed E-state index contributed by atoms with van der Waals surface area (Å²) in [6, 6.07) is 6.44. The van der Waals surface area contributed by atoms with Crippen molar-refractivity contribution < 1.29 is 0 Å². The Balaban J connectivity index is 1.91. The van der Waals surface area contributed by atoms with Gasteiger partial charge >= 0.3 is 0 Å². The summed E-state index contributed by atoms with van der Waals surface area (Å²) in [6.45, 7) is 3.16. The molecule has 2 rings (SSSR count). The van der Waals surface area contributed by atoms with Crippen molar-refractivity contribution >= 4 is 0 Å². The van der Waals surface area contributed by atoms with Crippen LogP contribution in [0.2, 0.25) is 0 Å². The maximum absolute atomic E-state index is 6.10. The third kappa shape index (κ3) is 3.44. The maximum atomic E-state index is 6.10.